The zero-order chi connectivity index (χ0) is 9.10. The monoisotopic (exact) mass is 219 g/mol. The lowest BCUT2D eigenvalue weighted by Gasteiger charge is -2.36. The normalized spacial score (nSPS) is 29.2. The van der Waals surface area contributed by atoms with E-state index in [2.05, 4.69) is 16.7 Å². The summed E-state index contributed by atoms with van der Waals surface area (Å²) < 4.78 is 11.2. The van der Waals surface area contributed by atoms with Crippen molar-refractivity contribution in [1.29, 1.82) is 0 Å². The lowest BCUT2D eigenvalue weighted by Crippen LogP contribution is -2.45. The molecule has 0 spiro atoms. The van der Waals surface area contributed by atoms with E-state index in [0.717, 1.165) is 30.6 Å². The first kappa shape index (κ1) is 9.99. The fraction of sp³-hybridized carbons (Fsp3) is 1.00. The highest BCUT2D eigenvalue weighted by molar-refractivity contribution is 7.99. The van der Waals surface area contributed by atoms with E-state index in [4.69, 9.17) is 0 Å². The van der Waals surface area contributed by atoms with Gasteiger partial charge in [0.15, 0.2) is 0 Å². The molecular weight excluding hydrogens is 202 g/mol. The van der Waals surface area contributed by atoms with E-state index in [1.165, 1.54) is 24.3 Å². The summed E-state index contributed by atoms with van der Waals surface area (Å²) in [5.74, 6) is 4.46. The van der Waals surface area contributed by atoms with Crippen LogP contribution in [-0.4, -0.2) is 51.3 Å². The first-order chi connectivity index (χ1) is 6.36. The number of rotatable bonds is 1. The van der Waals surface area contributed by atoms with Crippen LogP contribution in [-0.2, 0) is 10.8 Å². The van der Waals surface area contributed by atoms with Crippen molar-refractivity contribution in [1.82, 2.24) is 4.90 Å². The largest absolute Gasteiger partial charge is 0.299 e. The minimum Gasteiger partial charge on any atom is -0.299 e. The predicted molar refractivity (Wildman–Crippen MR) is 59.8 cm³/mol. The van der Waals surface area contributed by atoms with Crippen LogP contribution < -0.4 is 0 Å². The Balaban J connectivity index is 1.82. The predicted octanol–water partition coefficient (Wildman–Crippen LogP) is 0.946. The molecular formula is C9H17NOS2. The molecule has 0 aromatic carbocycles. The Bertz CT molecular complexity index is 182. The van der Waals surface area contributed by atoms with E-state index in [1.807, 2.05) is 0 Å². The van der Waals surface area contributed by atoms with Crippen molar-refractivity contribution in [2.24, 2.45) is 0 Å². The first-order valence-electron chi connectivity index (χ1n) is 5.03. The van der Waals surface area contributed by atoms with E-state index in [1.54, 1.807) is 0 Å². The molecule has 2 nitrogen and oxygen atoms in total. The Morgan fingerprint density at radius 1 is 1.15 bits per heavy atom. The van der Waals surface area contributed by atoms with Gasteiger partial charge in [0.05, 0.1) is 0 Å². The van der Waals surface area contributed by atoms with Crippen molar-refractivity contribution >= 4 is 22.6 Å². The molecule has 2 saturated heterocycles. The van der Waals surface area contributed by atoms with Crippen molar-refractivity contribution in [3.63, 3.8) is 0 Å². The third kappa shape index (κ3) is 2.70. The zero-order valence-electron chi connectivity index (χ0n) is 7.91. The fourth-order valence-corrected chi connectivity index (χ4v) is 4.23. The quantitative estimate of drug-likeness (QED) is 0.655. The standard InChI is InChI=1S/C9H17NOS2/c11-13-7-3-10(4-8-13)9-1-5-12-6-2-9/h9H,1-8H2. The van der Waals surface area contributed by atoms with Gasteiger partial charge in [-0.1, -0.05) is 0 Å². The van der Waals surface area contributed by atoms with Crippen LogP contribution >= 0.6 is 11.8 Å². The molecule has 2 aliphatic rings. The molecule has 2 aliphatic heterocycles. The van der Waals surface area contributed by atoms with E-state index in [-0.39, 0.29) is 0 Å². The molecule has 0 aromatic heterocycles. The third-order valence-electron chi connectivity index (χ3n) is 2.92. The molecule has 4 heteroatoms. The van der Waals surface area contributed by atoms with Crippen LogP contribution in [0.2, 0.25) is 0 Å². The zero-order valence-corrected chi connectivity index (χ0v) is 9.54. The fourth-order valence-electron chi connectivity index (χ4n) is 2.07. The smallest absolute Gasteiger partial charge is 0.0363 e. The molecule has 0 aromatic rings. The average molecular weight is 219 g/mol. The second-order valence-electron chi connectivity index (χ2n) is 3.73. The molecule has 0 radical (unpaired) electrons. The van der Waals surface area contributed by atoms with E-state index in [0.29, 0.717) is 0 Å². The summed E-state index contributed by atoms with van der Waals surface area (Å²) in [4.78, 5) is 2.56. The van der Waals surface area contributed by atoms with Gasteiger partial charge in [-0.3, -0.25) is 9.11 Å². The Morgan fingerprint density at radius 3 is 2.38 bits per heavy atom. The Kier molecular flexibility index (Phi) is 3.69. The summed E-state index contributed by atoms with van der Waals surface area (Å²) in [5.41, 5.74) is 0. The number of hydrogen-bond acceptors (Lipinski definition) is 3. The van der Waals surface area contributed by atoms with Crippen molar-refractivity contribution in [2.75, 3.05) is 36.1 Å². The lowest BCUT2D eigenvalue weighted by atomic mass is 10.1. The minimum absolute atomic E-state index is 0.512. The summed E-state index contributed by atoms with van der Waals surface area (Å²) in [6.07, 6.45) is 2.69. The second kappa shape index (κ2) is 4.80. The maximum Gasteiger partial charge on any atom is 0.0363 e. The van der Waals surface area contributed by atoms with Gasteiger partial charge in [0.25, 0.3) is 0 Å². The maximum atomic E-state index is 11.2. The molecule has 76 valence electrons. The van der Waals surface area contributed by atoms with E-state index < -0.39 is 10.8 Å². The highest BCUT2D eigenvalue weighted by Gasteiger charge is 2.24. The SMILES string of the molecule is O=S1CCN(C2CCSCC2)CC1. The Labute approximate surface area is 86.9 Å². The lowest BCUT2D eigenvalue weighted by molar-refractivity contribution is 0.203. The van der Waals surface area contributed by atoms with Crippen LogP contribution in [0.4, 0.5) is 0 Å². The summed E-state index contributed by atoms with van der Waals surface area (Å²) in [7, 11) is -0.512. The molecule has 13 heavy (non-hydrogen) atoms. The number of nitrogens with zero attached hydrogens (tertiary/aromatic N) is 1. The molecule has 0 amide bonds. The maximum absolute atomic E-state index is 11.2. The molecule has 0 saturated carbocycles. The highest BCUT2D eigenvalue weighted by atomic mass is 32.2. The summed E-state index contributed by atoms with van der Waals surface area (Å²) >= 11 is 2.08. The van der Waals surface area contributed by atoms with Crippen LogP contribution in [0.1, 0.15) is 12.8 Å². The van der Waals surface area contributed by atoms with E-state index in [9.17, 15) is 4.21 Å². The van der Waals surface area contributed by atoms with Gasteiger partial charge in [-0.2, -0.15) is 11.8 Å². The molecule has 0 unspecified atom stereocenters. The van der Waals surface area contributed by atoms with Gasteiger partial charge in [-0.05, 0) is 24.3 Å². The number of hydrogen-bond donors (Lipinski definition) is 0. The highest BCUT2D eigenvalue weighted by Crippen LogP contribution is 2.22. The Morgan fingerprint density at radius 2 is 1.77 bits per heavy atom. The summed E-state index contributed by atoms with van der Waals surface area (Å²) in [6.45, 7) is 2.14. The van der Waals surface area contributed by atoms with Gasteiger partial charge in [0.1, 0.15) is 0 Å². The minimum atomic E-state index is -0.512. The number of thioether (sulfide) groups is 1. The first-order valence-corrected chi connectivity index (χ1v) is 7.67. The molecule has 2 rings (SSSR count). The van der Waals surface area contributed by atoms with Crippen molar-refractivity contribution in [2.45, 2.75) is 18.9 Å². The molecule has 2 heterocycles. The molecule has 0 N–H and O–H groups in total. The third-order valence-corrected chi connectivity index (χ3v) is 5.24. The van der Waals surface area contributed by atoms with Gasteiger partial charge in [-0.15, -0.1) is 0 Å². The van der Waals surface area contributed by atoms with Crippen LogP contribution in [0.15, 0.2) is 0 Å². The molecule has 0 bridgehead atoms. The molecule has 2 fully saturated rings. The topological polar surface area (TPSA) is 20.3 Å². The second-order valence-corrected chi connectivity index (χ2v) is 6.65. The van der Waals surface area contributed by atoms with Crippen molar-refractivity contribution in [3.8, 4) is 0 Å². The van der Waals surface area contributed by atoms with Gasteiger partial charge in [0, 0.05) is 41.4 Å². The van der Waals surface area contributed by atoms with Crippen LogP contribution in [0.25, 0.3) is 0 Å². The molecule has 0 atom stereocenters. The van der Waals surface area contributed by atoms with Crippen molar-refractivity contribution < 1.29 is 4.21 Å². The Hall–Kier alpha value is 0.460. The van der Waals surface area contributed by atoms with Gasteiger partial charge in [-0.25, -0.2) is 0 Å². The van der Waals surface area contributed by atoms with Gasteiger partial charge in [0.2, 0.25) is 0 Å². The van der Waals surface area contributed by atoms with Crippen LogP contribution in [0.3, 0.4) is 0 Å². The van der Waals surface area contributed by atoms with Gasteiger partial charge >= 0.3 is 0 Å². The summed E-state index contributed by atoms with van der Waals surface area (Å²) in [5, 5.41) is 0. The average Bonchev–Trinajstić information content (AvgIpc) is 2.20. The molecule has 0 aliphatic carbocycles. The van der Waals surface area contributed by atoms with E-state index >= 15 is 0 Å². The summed E-state index contributed by atoms with van der Waals surface area (Å²) in [6, 6.07) is 0.804. The van der Waals surface area contributed by atoms with Gasteiger partial charge < -0.3 is 0 Å². The van der Waals surface area contributed by atoms with Crippen LogP contribution in [0.5, 0.6) is 0 Å². The van der Waals surface area contributed by atoms with Crippen LogP contribution in [0, 0.1) is 0 Å². The van der Waals surface area contributed by atoms with Crippen molar-refractivity contribution in [3.05, 3.63) is 0 Å².